The Morgan fingerprint density at radius 2 is 2.00 bits per heavy atom. The number of fused-ring (bicyclic) bond motifs is 1. The van der Waals surface area contributed by atoms with E-state index in [1.54, 1.807) is 0 Å². The average Bonchev–Trinajstić information content (AvgIpc) is 2.82. The largest absolute Gasteiger partial charge is 0.549 e. The number of aromatic nitrogens is 2. The lowest BCUT2D eigenvalue weighted by atomic mass is 10.1. The molecule has 14 nitrogen and oxygen atoms in total. The van der Waals surface area contributed by atoms with Crippen molar-refractivity contribution in [2.24, 2.45) is 0 Å². The van der Waals surface area contributed by atoms with Crippen molar-refractivity contribution in [3.05, 3.63) is 20.8 Å². The number of ether oxygens (including phenoxy) is 1. The molecule has 0 aromatic carbocycles. The quantitative estimate of drug-likeness (QED) is 0.306. The number of hydrogen-bond donors (Lipinski definition) is 4. The van der Waals surface area contributed by atoms with Gasteiger partial charge in [-0.1, -0.05) is 5.23 Å². The maximum Gasteiger partial charge on any atom is 0.549 e. The van der Waals surface area contributed by atoms with Crippen molar-refractivity contribution in [2.45, 2.75) is 24.5 Å². The van der Waals surface area contributed by atoms with Gasteiger partial charge in [0.1, 0.15) is 12.2 Å². The minimum atomic E-state index is -4.26. The smallest absolute Gasteiger partial charge is 0.500 e. The molecule has 5 aliphatic rings. The SMILES string of the molecule is O=c1[nH]c2c(O)c(=O)n1C1O[C@H](CO)[C@@H](OOP3(=O)ON2O3)[C@H]1O. The summed E-state index contributed by atoms with van der Waals surface area (Å²) in [5.74, 6) is -1.67. The number of aliphatic hydroxyl groups is 2. The van der Waals surface area contributed by atoms with Crippen LogP contribution in [0.25, 0.3) is 0 Å². The fourth-order valence-electron chi connectivity index (χ4n) is 2.49. The summed E-state index contributed by atoms with van der Waals surface area (Å²) in [6.45, 7) is -0.684. The number of aliphatic hydroxyl groups excluding tert-OH is 2. The molecule has 15 heteroatoms. The second kappa shape index (κ2) is 5.11. The highest BCUT2D eigenvalue weighted by Crippen LogP contribution is 2.61. The first kappa shape index (κ1) is 15.7. The zero-order chi connectivity index (χ0) is 17.2. The first-order valence-electron chi connectivity index (χ1n) is 6.51. The van der Waals surface area contributed by atoms with Crippen molar-refractivity contribution < 1.29 is 43.4 Å². The van der Waals surface area contributed by atoms with Crippen molar-refractivity contribution in [1.29, 1.82) is 0 Å². The lowest BCUT2D eigenvalue weighted by Crippen LogP contribution is -2.46. The van der Waals surface area contributed by atoms with E-state index in [-0.39, 0.29) is 0 Å². The Morgan fingerprint density at radius 3 is 2.67 bits per heavy atom. The molecule has 6 rings (SSSR count). The topological polar surface area (TPSA) is 182 Å². The van der Waals surface area contributed by atoms with Crippen LogP contribution in [-0.4, -0.2) is 49.8 Å². The highest BCUT2D eigenvalue weighted by atomic mass is 31.2. The molecule has 1 aromatic heterocycles. The van der Waals surface area contributed by atoms with Crippen LogP contribution in [0.5, 0.6) is 5.75 Å². The highest BCUT2D eigenvalue weighted by molar-refractivity contribution is 7.49. The van der Waals surface area contributed by atoms with E-state index in [9.17, 15) is 29.5 Å². The molecule has 6 bridgehead atoms. The van der Waals surface area contributed by atoms with Crippen molar-refractivity contribution in [3.63, 3.8) is 0 Å². The number of rotatable bonds is 1. The molecule has 1 unspecified atom stereocenters. The third-order valence-electron chi connectivity index (χ3n) is 3.61. The molecule has 2 saturated heterocycles. The molecule has 2 fully saturated rings. The molecule has 4 N–H and O–H groups in total. The second-order valence-electron chi connectivity index (χ2n) is 5.04. The lowest BCUT2D eigenvalue weighted by Gasteiger charge is -2.34. The molecule has 5 aliphatic heterocycles. The molecule has 0 spiro atoms. The molecule has 24 heavy (non-hydrogen) atoms. The highest BCUT2D eigenvalue weighted by Gasteiger charge is 2.54. The Bertz CT molecular complexity index is 840. The van der Waals surface area contributed by atoms with E-state index in [1.165, 1.54) is 0 Å². The van der Waals surface area contributed by atoms with Crippen LogP contribution in [0.1, 0.15) is 6.23 Å². The molecule has 0 saturated carbocycles. The summed E-state index contributed by atoms with van der Waals surface area (Å²) in [6.07, 6.45) is -5.95. The first-order valence-corrected chi connectivity index (χ1v) is 7.97. The van der Waals surface area contributed by atoms with Gasteiger partial charge in [-0.3, -0.25) is 9.78 Å². The Balaban J connectivity index is 1.91. The molecule has 0 radical (unpaired) electrons. The predicted octanol–water partition coefficient (Wildman–Crippen LogP) is -2.39. The summed E-state index contributed by atoms with van der Waals surface area (Å²) >= 11 is 0. The summed E-state index contributed by atoms with van der Waals surface area (Å²) < 4.78 is 31.3. The van der Waals surface area contributed by atoms with Gasteiger partial charge >= 0.3 is 19.1 Å². The third kappa shape index (κ3) is 2.06. The van der Waals surface area contributed by atoms with Crippen LogP contribution < -0.4 is 16.5 Å². The fourth-order valence-corrected chi connectivity index (χ4v) is 3.29. The van der Waals surface area contributed by atoms with Crippen molar-refractivity contribution >= 4 is 13.6 Å². The summed E-state index contributed by atoms with van der Waals surface area (Å²) in [5.41, 5.74) is -2.34. The normalized spacial score (nSPS) is 37.7. The Hall–Kier alpha value is -1.77. The average molecular weight is 367 g/mol. The van der Waals surface area contributed by atoms with E-state index in [2.05, 4.69) is 18.9 Å². The van der Waals surface area contributed by atoms with Crippen molar-refractivity contribution in [2.75, 3.05) is 11.8 Å². The summed E-state index contributed by atoms with van der Waals surface area (Å²) in [6, 6.07) is 0. The Labute approximate surface area is 130 Å². The zero-order valence-electron chi connectivity index (χ0n) is 11.5. The van der Waals surface area contributed by atoms with E-state index < -0.39 is 61.8 Å². The molecule has 132 valence electrons. The zero-order valence-corrected chi connectivity index (χ0v) is 12.4. The molecule has 0 amide bonds. The summed E-state index contributed by atoms with van der Waals surface area (Å²) in [7, 11) is -4.26. The number of H-pyrrole nitrogens is 1. The van der Waals surface area contributed by atoms with Crippen LogP contribution in [0, 0.1) is 0 Å². The van der Waals surface area contributed by atoms with Crippen molar-refractivity contribution in [1.82, 2.24) is 9.55 Å². The Morgan fingerprint density at radius 1 is 1.29 bits per heavy atom. The molecule has 0 aliphatic carbocycles. The number of anilines is 1. The lowest BCUT2D eigenvalue weighted by molar-refractivity contribution is -0.300. The van der Waals surface area contributed by atoms with Crippen molar-refractivity contribution in [3.8, 4) is 5.75 Å². The summed E-state index contributed by atoms with van der Waals surface area (Å²) in [4.78, 5) is 31.2. The van der Waals surface area contributed by atoms with E-state index in [1.807, 2.05) is 0 Å². The van der Waals surface area contributed by atoms with Gasteiger partial charge in [-0.15, -0.1) is 13.9 Å². The molecule has 4 atom stereocenters. The maximum atomic E-state index is 12.2. The van der Waals surface area contributed by atoms with Crippen LogP contribution in [0.2, 0.25) is 0 Å². The van der Waals surface area contributed by atoms with E-state index in [0.717, 1.165) is 0 Å². The minimum Gasteiger partial charge on any atom is -0.500 e. The standard InChI is InChI=1S/C9H10N3O11P/c13-1-2-5-3(14)8(19-2)11-7(16)4(15)6(10-9(11)17)12-21-24(18,22-12)23-20-5/h2-3,5,8,13-15H,1H2,(H,10,17)/t2-,3-,5-,8?/m1/s1. The Kier molecular flexibility index (Phi) is 3.35. The summed E-state index contributed by atoms with van der Waals surface area (Å²) in [5, 5.41) is 29.7. The van der Waals surface area contributed by atoms with Crippen LogP contribution in [-0.2, 0) is 28.1 Å². The number of nitrogens with zero attached hydrogens (tertiary/aromatic N) is 2. The van der Waals surface area contributed by atoms with Crippen LogP contribution in [0.15, 0.2) is 9.59 Å². The fraction of sp³-hybridized carbons (Fsp3) is 0.556. The number of aromatic amines is 1. The van der Waals surface area contributed by atoms with Gasteiger partial charge in [-0.2, -0.15) is 0 Å². The molecule has 6 heterocycles. The number of phosphoric acid groups is 1. The molecular weight excluding hydrogens is 357 g/mol. The predicted molar refractivity (Wildman–Crippen MR) is 68.2 cm³/mol. The van der Waals surface area contributed by atoms with Gasteiger partial charge in [-0.25, -0.2) is 18.8 Å². The van der Waals surface area contributed by atoms with Gasteiger partial charge < -0.3 is 20.1 Å². The number of nitrogens with one attached hydrogen (secondary N) is 1. The van der Waals surface area contributed by atoms with Crippen LogP contribution in [0.4, 0.5) is 5.82 Å². The number of hydrogen-bond acceptors (Lipinski definition) is 12. The maximum absolute atomic E-state index is 12.2. The first-order chi connectivity index (χ1) is 11.3. The third-order valence-corrected chi connectivity index (χ3v) is 4.58. The molecular formula is C9H10N3O11P. The van der Waals surface area contributed by atoms with Gasteiger partial charge in [0, 0.05) is 0 Å². The number of aromatic hydroxyl groups is 1. The van der Waals surface area contributed by atoms with Gasteiger partial charge in [0.05, 0.1) is 6.61 Å². The van der Waals surface area contributed by atoms with Gasteiger partial charge in [0.2, 0.25) is 11.6 Å². The van der Waals surface area contributed by atoms with E-state index in [4.69, 9.17) is 9.62 Å². The van der Waals surface area contributed by atoms with E-state index >= 15 is 0 Å². The van der Waals surface area contributed by atoms with Gasteiger partial charge in [0.15, 0.2) is 12.3 Å². The second-order valence-corrected chi connectivity index (χ2v) is 6.41. The van der Waals surface area contributed by atoms with Gasteiger partial charge in [0.25, 0.3) is 0 Å². The molecule has 1 aromatic rings. The monoisotopic (exact) mass is 367 g/mol. The van der Waals surface area contributed by atoms with Crippen LogP contribution >= 0.6 is 7.82 Å². The van der Waals surface area contributed by atoms with E-state index in [0.29, 0.717) is 9.79 Å². The minimum absolute atomic E-state index is 0.303. The van der Waals surface area contributed by atoms with Gasteiger partial charge in [-0.05, 0) is 0 Å². The van der Waals surface area contributed by atoms with Crippen LogP contribution in [0.3, 0.4) is 0 Å².